The Morgan fingerprint density at radius 2 is 2.18 bits per heavy atom. The van der Waals surface area contributed by atoms with E-state index in [2.05, 4.69) is 23.1 Å². The van der Waals surface area contributed by atoms with Crippen molar-refractivity contribution in [3.8, 4) is 11.4 Å². The van der Waals surface area contributed by atoms with Gasteiger partial charge in [0, 0.05) is 18.5 Å². The van der Waals surface area contributed by atoms with Crippen LogP contribution in [0.5, 0.6) is 0 Å². The average molecular weight is 229 g/mol. The SMILES string of the molecule is Cc1ccccc1-c1nc2n(n1)CCC(O)C2. The van der Waals surface area contributed by atoms with Crippen molar-refractivity contribution in [1.82, 2.24) is 14.8 Å². The van der Waals surface area contributed by atoms with Gasteiger partial charge in [-0.3, -0.25) is 0 Å². The molecule has 1 aliphatic rings. The van der Waals surface area contributed by atoms with Gasteiger partial charge in [0.25, 0.3) is 0 Å². The summed E-state index contributed by atoms with van der Waals surface area (Å²) >= 11 is 0. The Balaban J connectivity index is 2.03. The van der Waals surface area contributed by atoms with Crippen LogP contribution in [-0.2, 0) is 13.0 Å². The molecule has 1 atom stereocenters. The molecule has 2 heterocycles. The number of rotatable bonds is 1. The largest absolute Gasteiger partial charge is 0.393 e. The number of aryl methyl sites for hydroxylation is 2. The summed E-state index contributed by atoms with van der Waals surface area (Å²) in [7, 11) is 0. The van der Waals surface area contributed by atoms with Crippen LogP contribution < -0.4 is 0 Å². The molecule has 0 saturated carbocycles. The van der Waals surface area contributed by atoms with Gasteiger partial charge < -0.3 is 5.11 Å². The van der Waals surface area contributed by atoms with Gasteiger partial charge in [0.15, 0.2) is 5.82 Å². The third-order valence-corrected chi connectivity index (χ3v) is 3.23. The van der Waals surface area contributed by atoms with Crippen LogP contribution in [0.2, 0.25) is 0 Å². The average Bonchev–Trinajstić information content (AvgIpc) is 2.72. The van der Waals surface area contributed by atoms with Gasteiger partial charge >= 0.3 is 0 Å². The van der Waals surface area contributed by atoms with E-state index in [-0.39, 0.29) is 6.10 Å². The molecule has 0 aliphatic carbocycles. The van der Waals surface area contributed by atoms with E-state index in [1.54, 1.807) is 0 Å². The van der Waals surface area contributed by atoms with Crippen LogP contribution >= 0.6 is 0 Å². The highest BCUT2D eigenvalue weighted by molar-refractivity contribution is 5.59. The Kier molecular flexibility index (Phi) is 2.44. The number of aromatic nitrogens is 3. The van der Waals surface area contributed by atoms with E-state index in [0.717, 1.165) is 30.2 Å². The summed E-state index contributed by atoms with van der Waals surface area (Å²) in [6.45, 7) is 2.82. The van der Waals surface area contributed by atoms with Crippen molar-refractivity contribution in [2.45, 2.75) is 32.4 Å². The van der Waals surface area contributed by atoms with Crippen LogP contribution in [0.25, 0.3) is 11.4 Å². The van der Waals surface area contributed by atoms with Crippen LogP contribution in [0, 0.1) is 6.92 Å². The summed E-state index contributed by atoms with van der Waals surface area (Å²) in [6.07, 6.45) is 1.11. The highest BCUT2D eigenvalue weighted by Gasteiger charge is 2.20. The molecule has 0 saturated heterocycles. The molecule has 4 nitrogen and oxygen atoms in total. The first kappa shape index (κ1) is 10.5. The fourth-order valence-corrected chi connectivity index (χ4v) is 2.23. The summed E-state index contributed by atoms with van der Waals surface area (Å²) in [4.78, 5) is 4.52. The van der Waals surface area contributed by atoms with E-state index < -0.39 is 0 Å². The summed E-state index contributed by atoms with van der Waals surface area (Å²) in [5.74, 6) is 1.66. The van der Waals surface area contributed by atoms with Crippen molar-refractivity contribution < 1.29 is 5.11 Å². The summed E-state index contributed by atoms with van der Waals surface area (Å²) in [5.41, 5.74) is 2.25. The number of hydrogen-bond acceptors (Lipinski definition) is 3. The molecule has 2 aromatic rings. The predicted molar refractivity (Wildman–Crippen MR) is 64.5 cm³/mol. The monoisotopic (exact) mass is 229 g/mol. The van der Waals surface area contributed by atoms with Gasteiger partial charge in [-0.1, -0.05) is 24.3 Å². The Morgan fingerprint density at radius 3 is 3.00 bits per heavy atom. The molecule has 0 spiro atoms. The van der Waals surface area contributed by atoms with Crippen molar-refractivity contribution in [3.63, 3.8) is 0 Å². The minimum atomic E-state index is -0.267. The van der Waals surface area contributed by atoms with Gasteiger partial charge in [-0.25, -0.2) is 9.67 Å². The van der Waals surface area contributed by atoms with Gasteiger partial charge in [-0.2, -0.15) is 5.10 Å². The molecule has 0 bridgehead atoms. The predicted octanol–water partition coefficient (Wildman–Crippen LogP) is 1.56. The first-order valence-corrected chi connectivity index (χ1v) is 5.92. The normalized spacial score (nSPS) is 19.1. The maximum absolute atomic E-state index is 9.61. The van der Waals surface area contributed by atoms with E-state index in [9.17, 15) is 5.11 Å². The Hall–Kier alpha value is -1.68. The fourth-order valence-electron chi connectivity index (χ4n) is 2.23. The Labute approximate surface area is 99.9 Å². The maximum atomic E-state index is 9.61. The second-order valence-corrected chi connectivity index (χ2v) is 4.54. The molecule has 1 N–H and O–H groups in total. The van der Waals surface area contributed by atoms with Crippen molar-refractivity contribution in [3.05, 3.63) is 35.7 Å². The third-order valence-electron chi connectivity index (χ3n) is 3.23. The molecule has 1 unspecified atom stereocenters. The molecular weight excluding hydrogens is 214 g/mol. The molecule has 17 heavy (non-hydrogen) atoms. The van der Waals surface area contributed by atoms with Crippen LogP contribution in [0.1, 0.15) is 17.8 Å². The van der Waals surface area contributed by atoms with E-state index in [1.807, 2.05) is 22.9 Å². The van der Waals surface area contributed by atoms with Crippen LogP contribution in [0.3, 0.4) is 0 Å². The van der Waals surface area contributed by atoms with Crippen molar-refractivity contribution in [1.29, 1.82) is 0 Å². The summed E-state index contributed by atoms with van der Waals surface area (Å²) in [5, 5.41) is 14.1. The quantitative estimate of drug-likeness (QED) is 0.807. The zero-order chi connectivity index (χ0) is 11.8. The molecule has 0 fully saturated rings. The molecule has 3 rings (SSSR count). The van der Waals surface area contributed by atoms with Gasteiger partial charge in [-0.05, 0) is 18.9 Å². The maximum Gasteiger partial charge on any atom is 0.181 e. The fraction of sp³-hybridized carbons (Fsp3) is 0.385. The number of aliphatic hydroxyl groups excluding tert-OH is 1. The first-order valence-electron chi connectivity index (χ1n) is 5.92. The van der Waals surface area contributed by atoms with Gasteiger partial charge in [0.05, 0.1) is 6.10 Å². The lowest BCUT2D eigenvalue weighted by Gasteiger charge is -2.16. The van der Waals surface area contributed by atoms with E-state index in [4.69, 9.17) is 0 Å². The third kappa shape index (κ3) is 1.85. The summed E-state index contributed by atoms with van der Waals surface area (Å²) in [6, 6.07) is 8.10. The van der Waals surface area contributed by atoms with Crippen LogP contribution in [0.15, 0.2) is 24.3 Å². The van der Waals surface area contributed by atoms with Crippen molar-refractivity contribution in [2.75, 3.05) is 0 Å². The Bertz CT molecular complexity index is 547. The van der Waals surface area contributed by atoms with Gasteiger partial charge in [0.2, 0.25) is 0 Å². The summed E-state index contributed by atoms with van der Waals surface area (Å²) < 4.78 is 1.91. The van der Waals surface area contributed by atoms with Crippen LogP contribution in [-0.4, -0.2) is 26.0 Å². The van der Waals surface area contributed by atoms with Crippen molar-refractivity contribution >= 4 is 0 Å². The molecular formula is C13H15N3O. The lowest BCUT2D eigenvalue weighted by Crippen LogP contribution is -2.23. The minimum Gasteiger partial charge on any atom is -0.393 e. The smallest absolute Gasteiger partial charge is 0.181 e. The van der Waals surface area contributed by atoms with Crippen molar-refractivity contribution in [2.24, 2.45) is 0 Å². The molecule has 1 aromatic heterocycles. The molecule has 4 heteroatoms. The van der Waals surface area contributed by atoms with E-state index >= 15 is 0 Å². The second kappa shape index (κ2) is 3.96. The molecule has 88 valence electrons. The second-order valence-electron chi connectivity index (χ2n) is 4.54. The lowest BCUT2D eigenvalue weighted by atomic mass is 10.1. The molecule has 1 aliphatic heterocycles. The molecule has 0 radical (unpaired) electrons. The number of nitrogens with zero attached hydrogens (tertiary/aromatic N) is 3. The number of benzene rings is 1. The van der Waals surface area contributed by atoms with E-state index in [0.29, 0.717) is 6.42 Å². The topological polar surface area (TPSA) is 50.9 Å². The highest BCUT2D eigenvalue weighted by Crippen LogP contribution is 2.22. The van der Waals surface area contributed by atoms with Gasteiger partial charge in [-0.15, -0.1) is 0 Å². The molecule has 1 aromatic carbocycles. The van der Waals surface area contributed by atoms with Gasteiger partial charge in [0.1, 0.15) is 5.82 Å². The highest BCUT2D eigenvalue weighted by atomic mass is 16.3. The lowest BCUT2D eigenvalue weighted by molar-refractivity contribution is 0.138. The first-order chi connectivity index (χ1) is 8.24. The minimum absolute atomic E-state index is 0.267. The number of fused-ring (bicyclic) bond motifs is 1. The van der Waals surface area contributed by atoms with E-state index in [1.165, 1.54) is 5.56 Å². The standard InChI is InChI=1S/C13H15N3O/c1-9-4-2-3-5-11(9)13-14-12-8-10(17)6-7-16(12)15-13/h2-5,10,17H,6-8H2,1H3. The molecule has 0 amide bonds. The zero-order valence-electron chi connectivity index (χ0n) is 9.80. The van der Waals surface area contributed by atoms with Crippen LogP contribution in [0.4, 0.5) is 0 Å². The zero-order valence-corrected chi connectivity index (χ0v) is 9.80. The number of hydrogen-bond donors (Lipinski definition) is 1. The Morgan fingerprint density at radius 1 is 1.35 bits per heavy atom. The number of aliphatic hydroxyl groups is 1.